The SMILES string of the molecule is CCN(CC)Cc1csc(CN(CC)CC)c1. The van der Waals surface area contributed by atoms with E-state index in [0.717, 1.165) is 39.3 Å². The van der Waals surface area contributed by atoms with Crippen molar-refractivity contribution in [3.63, 3.8) is 0 Å². The average molecular weight is 254 g/mol. The minimum Gasteiger partial charge on any atom is -0.300 e. The van der Waals surface area contributed by atoms with E-state index in [4.69, 9.17) is 0 Å². The molecule has 1 heterocycles. The Balaban J connectivity index is 2.52. The van der Waals surface area contributed by atoms with Crippen molar-refractivity contribution >= 4 is 11.3 Å². The van der Waals surface area contributed by atoms with E-state index in [9.17, 15) is 0 Å². The summed E-state index contributed by atoms with van der Waals surface area (Å²) in [5, 5.41) is 2.32. The Bertz CT molecular complexity index is 272. The number of hydrogen-bond donors (Lipinski definition) is 0. The van der Waals surface area contributed by atoms with Crippen LogP contribution in [0.5, 0.6) is 0 Å². The average Bonchev–Trinajstić information content (AvgIpc) is 2.80. The van der Waals surface area contributed by atoms with Crippen LogP contribution in [0.1, 0.15) is 38.1 Å². The van der Waals surface area contributed by atoms with E-state index in [1.54, 1.807) is 0 Å². The molecule has 0 spiro atoms. The van der Waals surface area contributed by atoms with Crippen molar-refractivity contribution in [2.75, 3.05) is 26.2 Å². The molecule has 0 aromatic carbocycles. The van der Waals surface area contributed by atoms with Gasteiger partial charge in [0.1, 0.15) is 0 Å². The molecule has 0 saturated heterocycles. The van der Waals surface area contributed by atoms with Gasteiger partial charge in [-0.2, -0.15) is 0 Å². The Morgan fingerprint density at radius 3 is 1.94 bits per heavy atom. The fourth-order valence-electron chi connectivity index (χ4n) is 1.97. The molecule has 0 fully saturated rings. The summed E-state index contributed by atoms with van der Waals surface area (Å²) < 4.78 is 0. The van der Waals surface area contributed by atoms with Crippen LogP contribution in [0.2, 0.25) is 0 Å². The van der Waals surface area contributed by atoms with Crippen LogP contribution >= 0.6 is 11.3 Å². The molecular formula is C14H26N2S. The normalized spacial score (nSPS) is 11.6. The van der Waals surface area contributed by atoms with E-state index in [2.05, 4.69) is 48.9 Å². The molecule has 0 atom stereocenters. The molecule has 0 aliphatic carbocycles. The standard InChI is InChI=1S/C14H26N2S/c1-5-15(6-2)10-13-9-14(17-12-13)11-16(7-3)8-4/h9,12H,5-8,10-11H2,1-4H3. The van der Waals surface area contributed by atoms with Gasteiger partial charge in [-0.1, -0.05) is 27.7 Å². The second-order valence-corrected chi connectivity index (χ2v) is 5.34. The molecule has 2 nitrogen and oxygen atoms in total. The first kappa shape index (κ1) is 14.7. The van der Waals surface area contributed by atoms with E-state index in [0.29, 0.717) is 0 Å². The highest BCUT2D eigenvalue weighted by molar-refractivity contribution is 7.10. The molecule has 1 rings (SSSR count). The Labute approximate surface area is 110 Å². The first-order valence-corrected chi connectivity index (χ1v) is 7.62. The molecule has 1 aromatic rings. The molecule has 0 aliphatic heterocycles. The zero-order chi connectivity index (χ0) is 12.7. The third kappa shape index (κ3) is 4.78. The van der Waals surface area contributed by atoms with Crippen LogP contribution in [0.4, 0.5) is 0 Å². The van der Waals surface area contributed by atoms with Crippen LogP contribution in [0, 0.1) is 0 Å². The van der Waals surface area contributed by atoms with E-state index in [1.807, 2.05) is 11.3 Å². The largest absolute Gasteiger partial charge is 0.300 e. The smallest absolute Gasteiger partial charge is 0.0327 e. The lowest BCUT2D eigenvalue weighted by Gasteiger charge is -2.17. The lowest BCUT2D eigenvalue weighted by atomic mass is 10.2. The minimum atomic E-state index is 1.10. The number of hydrogen-bond acceptors (Lipinski definition) is 3. The molecule has 0 radical (unpaired) electrons. The van der Waals surface area contributed by atoms with Crippen molar-refractivity contribution < 1.29 is 0 Å². The van der Waals surface area contributed by atoms with Gasteiger partial charge in [0.25, 0.3) is 0 Å². The van der Waals surface area contributed by atoms with Crippen LogP contribution in [-0.4, -0.2) is 36.0 Å². The summed E-state index contributed by atoms with van der Waals surface area (Å²) in [6, 6.07) is 2.38. The quantitative estimate of drug-likeness (QED) is 0.701. The maximum Gasteiger partial charge on any atom is 0.0327 e. The Hall–Kier alpha value is -0.380. The molecular weight excluding hydrogens is 228 g/mol. The van der Waals surface area contributed by atoms with Crippen LogP contribution in [0.25, 0.3) is 0 Å². The highest BCUT2D eigenvalue weighted by Gasteiger charge is 2.06. The van der Waals surface area contributed by atoms with Gasteiger partial charge in [0.05, 0.1) is 0 Å². The van der Waals surface area contributed by atoms with E-state index in [-0.39, 0.29) is 0 Å². The lowest BCUT2D eigenvalue weighted by Crippen LogP contribution is -2.22. The fourth-order valence-corrected chi connectivity index (χ4v) is 2.89. The van der Waals surface area contributed by atoms with Gasteiger partial charge in [0, 0.05) is 18.0 Å². The van der Waals surface area contributed by atoms with Crippen molar-refractivity contribution in [2.24, 2.45) is 0 Å². The van der Waals surface area contributed by atoms with Gasteiger partial charge in [0.15, 0.2) is 0 Å². The molecule has 3 heteroatoms. The minimum absolute atomic E-state index is 1.10. The Morgan fingerprint density at radius 1 is 0.882 bits per heavy atom. The van der Waals surface area contributed by atoms with Crippen LogP contribution in [0.3, 0.4) is 0 Å². The topological polar surface area (TPSA) is 6.48 Å². The zero-order valence-corrected chi connectivity index (χ0v) is 12.5. The fraction of sp³-hybridized carbons (Fsp3) is 0.714. The van der Waals surface area contributed by atoms with Gasteiger partial charge < -0.3 is 0 Å². The maximum atomic E-state index is 2.47. The first-order valence-electron chi connectivity index (χ1n) is 6.74. The van der Waals surface area contributed by atoms with Crippen molar-refractivity contribution in [2.45, 2.75) is 40.8 Å². The van der Waals surface area contributed by atoms with Crippen LogP contribution < -0.4 is 0 Å². The third-order valence-electron chi connectivity index (χ3n) is 3.28. The summed E-state index contributed by atoms with van der Waals surface area (Å²) in [6.45, 7) is 15.7. The van der Waals surface area contributed by atoms with Gasteiger partial charge in [-0.3, -0.25) is 9.80 Å². The molecule has 98 valence electrons. The van der Waals surface area contributed by atoms with Crippen molar-refractivity contribution in [1.82, 2.24) is 9.80 Å². The van der Waals surface area contributed by atoms with E-state index < -0.39 is 0 Å². The molecule has 0 N–H and O–H groups in total. The molecule has 17 heavy (non-hydrogen) atoms. The summed E-state index contributed by atoms with van der Waals surface area (Å²) in [5.74, 6) is 0. The van der Waals surface area contributed by atoms with Gasteiger partial charge in [0.2, 0.25) is 0 Å². The summed E-state index contributed by atoms with van der Waals surface area (Å²) in [4.78, 5) is 6.42. The van der Waals surface area contributed by atoms with Crippen molar-refractivity contribution in [1.29, 1.82) is 0 Å². The van der Waals surface area contributed by atoms with Gasteiger partial charge >= 0.3 is 0 Å². The first-order chi connectivity index (χ1) is 8.23. The number of thiophene rings is 1. The molecule has 1 aromatic heterocycles. The molecule has 0 saturated carbocycles. The molecule has 0 amide bonds. The highest BCUT2D eigenvalue weighted by Crippen LogP contribution is 2.18. The van der Waals surface area contributed by atoms with Gasteiger partial charge in [-0.15, -0.1) is 11.3 Å². The summed E-state index contributed by atoms with van der Waals surface area (Å²) in [7, 11) is 0. The summed E-state index contributed by atoms with van der Waals surface area (Å²) in [6.07, 6.45) is 0. The summed E-state index contributed by atoms with van der Waals surface area (Å²) >= 11 is 1.90. The van der Waals surface area contributed by atoms with E-state index in [1.165, 1.54) is 10.4 Å². The highest BCUT2D eigenvalue weighted by atomic mass is 32.1. The second kappa shape index (κ2) is 7.85. The van der Waals surface area contributed by atoms with Crippen molar-refractivity contribution in [3.8, 4) is 0 Å². The second-order valence-electron chi connectivity index (χ2n) is 4.34. The number of rotatable bonds is 8. The predicted molar refractivity (Wildman–Crippen MR) is 77.6 cm³/mol. The number of nitrogens with zero attached hydrogens (tertiary/aromatic N) is 2. The molecule has 0 aliphatic rings. The predicted octanol–water partition coefficient (Wildman–Crippen LogP) is 3.43. The van der Waals surface area contributed by atoms with Gasteiger partial charge in [-0.25, -0.2) is 0 Å². The Morgan fingerprint density at radius 2 is 1.41 bits per heavy atom. The molecule has 0 bridgehead atoms. The lowest BCUT2D eigenvalue weighted by molar-refractivity contribution is 0.293. The summed E-state index contributed by atoms with van der Waals surface area (Å²) in [5.41, 5.74) is 1.47. The molecule has 0 unspecified atom stereocenters. The van der Waals surface area contributed by atoms with E-state index >= 15 is 0 Å². The van der Waals surface area contributed by atoms with Crippen molar-refractivity contribution in [3.05, 3.63) is 21.9 Å². The van der Waals surface area contributed by atoms with Crippen LogP contribution in [0.15, 0.2) is 11.4 Å². The maximum absolute atomic E-state index is 2.47. The third-order valence-corrected chi connectivity index (χ3v) is 4.25. The van der Waals surface area contributed by atoms with Crippen LogP contribution in [-0.2, 0) is 13.1 Å². The van der Waals surface area contributed by atoms with Gasteiger partial charge in [-0.05, 0) is 43.2 Å². The zero-order valence-electron chi connectivity index (χ0n) is 11.7. The monoisotopic (exact) mass is 254 g/mol. The Kier molecular flexibility index (Phi) is 6.78.